The van der Waals surface area contributed by atoms with Crippen molar-refractivity contribution in [3.8, 4) is 0 Å². The van der Waals surface area contributed by atoms with Gasteiger partial charge in [0.2, 0.25) is 5.91 Å². The summed E-state index contributed by atoms with van der Waals surface area (Å²) >= 11 is 0. The topological polar surface area (TPSA) is 63.2 Å². The summed E-state index contributed by atoms with van der Waals surface area (Å²) in [6, 6.07) is 10.7. The second kappa shape index (κ2) is 8.35. The molecule has 2 aliphatic rings. The highest BCUT2D eigenvalue weighted by Crippen LogP contribution is 2.32. The van der Waals surface area contributed by atoms with Crippen LogP contribution in [0.3, 0.4) is 0 Å². The Balaban J connectivity index is 1.40. The summed E-state index contributed by atoms with van der Waals surface area (Å²) in [5.74, 6) is 0.477. The number of carbonyl (C=O) groups excluding carboxylic acids is 1. The smallest absolute Gasteiger partial charge is 0.221 e. The van der Waals surface area contributed by atoms with E-state index in [0.717, 1.165) is 51.4 Å². The monoisotopic (exact) mass is 363 g/mol. The SMILES string of the molecule is O=C(CCS(=O)(=O)C1CCCC1)NC1CCC(c2ccccc2)CC1. The van der Waals surface area contributed by atoms with Crippen LogP contribution < -0.4 is 5.32 Å². The van der Waals surface area contributed by atoms with Gasteiger partial charge in [0.25, 0.3) is 0 Å². The van der Waals surface area contributed by atoms with E-state index in [4.69, 9.17) is 0 Å². The first-order valence-electron chi connectivity index (χ1n) is 9.60. The van der Waals surface area contributed by atoms with E-state index in [1.54, 1.807) is 0 Å². The largest absolute Gasteiger partial charge is 0.353 e. The van der Waals surface area contributed by atoms with Crippen molar-refractivity contribution < 1.29 is 13.2 Å². The zero-order valence-corrected chi connectivity index (χ0v) is 15.6. The molecular formula is C20H29NO3S. The maximum Gasteiger partial charge on any atom is 0.221 e. The third kappa shape index (κ3) is 5.06. The Morgan fingerprint density at radius 1 is 0.960 bits per heavy atom. The fourth-order valence-electron chi connectivity index (χ4n) is 4.25. The van der Waals surface area contributed by atoms with Crippen LogP contribution in [0.4, 0.5) is 0 Å². The molecule has 0 aliphatic heterocycles. The summed E-state index contributed by atoms with van der Waals surface area (Å²) < 4.78 is 24.5. The standard InChI is InChI=1S/C20H29NO3S/c22-20(14-15-25(23,24)19-8-4-5-9-19)21-18-12-10-17(11-13-18)16-6-2-1-3-7-16/h1-3,6-7,17-19H,4-5,8-15H2,(H,21,22). The number of amides is 1. The lowest BCUT2D eigenvalue weighted by Gasteiger charge is -2.29. The van der Waals surface area contributed by atoms with Gasteiger partial charge in [-0.3, -0.25) is 4.79 Å². The van der Waals surface area contributed by atoms with E-state index in [1.807, 2.05) is 6.07 Å². The second-order valence-electron chi connectivity index (χ2n) is 7.55. The molecule has 3 rings (SSSR count). The van der Waals surface area contributed by atoms with Crippen molar-refractivity contribution in [3.63, 3.8) is 0 Å². The van der Waals surface area contributed by atoms with E-state index in [-0.39, 0.29) is 29.4 Å². The van der Waals surface area contributed by atoms with Crippen LogP contribution in [0.1, 0.15) is 69.3 Å². The zero-order chi connectivity index (χ0) is 17.7. The molecule has 0 spiro atoms. The number of benzene rings is 1. The van der Waals surface area contributed by atoms with Crippen LogP contribution >= 0.6 is 0 Å². The van der Waals surface area contributed by atoms with Crippen LogP contribution in [0, 0.1) is 0 Å². The molecule has 5 heteroatoms. The number of nitrogens with one attached hydrogen (secondary N) is 1. The third-order valence-electron chi connectivity index (χ3n) is 5.79. The minimum Gasteiger partial charge on any atom is -0.353 e. The molecule has 0 atom stereocenters. The van der Waals surface area contributed by atoms with E-state index in [1.165, 1.54) is 5.56 Å². The van der Waals surface area contributed by atoms with E-state index in [2.05, 4.69) is 29.6 Å². The molecule has 0 unspecified atom stereocenters. The van der Waals surface area contributed by atoms with Gasteiger partial charge in [-0.05, 0) is 50.0 Å². The summed E-state index contributed by atoms with van der Waals surface area (Å²) in [6.07, 6.45) is 7.76. The number of sulfone groups is 1. The quantitative estimate of drug-likeness (QED) is 0.840. The number of hydrogen-bond acceptors (Lipinski definition) is 3. The molecule has 1 aromatic rings. The average molecular weight is 364 g/mol. The fourth-order valence-corrected chi connectivity index (χ4v) is 6.10. The van der Waals surface area contributed by atoms with E-state index < -0.39 is 9.84 Å². The van der Waals surface area contributed by atoms with E-state index in [9.17, 15) is 13.2 Å². The Kier molecular flexibility index (Phi) is 6.15. The first kappa shape index (κ1) is 18.4. The summed E-state index contributed by atoms with van der Waals surface area (Å²) in [5.41, 5.74) is 1.38. The predicted octanol–water partition coefficient (Wildman–Crippen LogP) is 3.58. The Morgan fingerprint density at radius 2 is 1.60 bits per heavy atom. The lowest BCUT2D eigenvalue weighted by molar-refractivity contribution is -0.121. The van der Waals surface area contributed by atoms with Crippen LogP contribution in [-0.2, 0) is 14.6 Å². The summed E-state index contributed by atoms with van der Waals surface area (Å²) in [4.78, 5) is 12.1. The van der Waals surface area contributed by atoms with Gasteiger partial charge >= 0.3 is 0 Å². The highest BCUT2D eigenvalue weighted by atomic mass is 32.2. The van der Waals surface area contributed by atoms with Gasteiger partial charge in [-0.15, -0.1) is 0 Å². The Hall–Kier alpha value is -1.36. The number of rotatable bonds is 6. The molecule has 2 saturated carbocycles. The van der Waals surface area contributed by atoms with Crippen molar-refractivity contribution in [2.75, 3.05) is 5.75 Å². The Labute approximate surface area is 151 Å². The molecule has 0 aromatic heterocycles. The maximum atomic E-state index is 12.2. The molecule has 4 nitrogen and oxygen atoms in total. The van der Waals surface area contributed by atoms with Crippen LogP contribution in [0.2, 0.25) is 0 Å². The minimum atomic E-state index is -3.10. The summed E-state index contributed by atoms with van der Waals surface area (Å²) in [7, 11) is -3.10. The molecule has 1 amide bonds. The minimum absolute atomic E-state index is 0.00284. The molecule has 2 fully saturated rings. The molecule has 2 aliphatic carbocycles. The van der Waals surface area contributed by atoms with Crippen molar-refractivity contribution in [3.05, 3.63) is 35.9 Å². The van der Waals surface area contributed by atoms with Crippen molar-refractivity contribution >= 4 is 15.7 Å². The molecule has 0 bridgehead atoms. The first-order valence-corrected chi connectivity index (χ1v) is 11.3. The van der Waals surface area contributed by atoms with Gasteiger partial charge in [-0.1, -0.05) is 43.2 Å². The van der Waals surface area contributed by atoms with E-state index in [0.29, 0.717) is 5.92 Å². The van der Waals surface area contributed by atoms with Crippen LogP contribution in [0.25, 0.3) is 0 Å². The molecular weight excluding hydrogens is 334 g/mol. The van der Waals surface area contributed by atoms with Gasteiger partial charge in [0.15, 0.2) is 9.84 Å². The van der Waals surface area contributed by atoms with Crippen molar-refractivity contribution in [2.45, 2.75) is 75.0 Å². The molecule has 25 heavy (non-hydrogen) atoms. The first-order chi connectivity index (χ1) is 12.0. The van der Waals surface area contributed by atoms with Gasteiger partial charge in [0, 0.05) is 12.5 Å². The maximum absolute atomic E-state index is 12.2. The second-order valence-corrected chi connectivity index (χ2v) is 9.95. The Bertz CT molecular complexity index is 657. The zero-order valence-electron chi connectivity index (χ0n) is 14.8. The van der Waals surface area contributed by atoms with Gasteiger partial charge < -0.3 is 5.32 Å². The molecule has 138 valence electrons. The van der Waals surface area contributed by atoms with Crippen molar-refractivity contribution in [1.29, 1.82) is 0 Å². The van der Waals surface area contributed by atoms with Crippen LogP contribution in [0.5, 0.6) is 0 Å². The lowest BCUT2D eigenvalue weighted by Crippen LogP contribution is -2.38. The molecule has 0 radical (unpaired) electrons. The molecule has 0 saturated heterocycles. The van der Waals surface area contributed by atoms with Gasteiger partial charge in [0.1, 0.15) is 0 Å². The number of hydrogen-bond donors (Lipinski definition) is 1. The third-order valence-corrected chi connectivity index (χ3v) is 8.05. The fraction of sp³-hybridized carbons (Fsp3) is 0.650. The number of carbonyl (C=O) groups is 1. The Morgan fingerprint density at radius 3 is 2.24 bits per heavy atom. The molecule has 1 aromatic carbocycles. The predicted molar refractivity (Wildman–Crippen MR) is 100 cm³/mol. The van der Waals surface area contributed by atoms with Crippen LogP contribution in [-0.4, -0.2) is 31.4 Å². The highest BCUT2D eigenvalue weighted by Gasteiger charge is 2.29. The van der Waals surface area contributed by atoms with E-state index >= 15 is 0 Å². The molecule has 1 N–H and O–H groups in total. The lowest BCUT2D eigenvalue weighted by atomic mass is 9.82. The highest BCUT2D eigenvalue weighted by molar-refractivity contribution is 7.92. The van der Waals surface area contributed by atoms with Crippen LogP contribution in [0.15, 0.2) is 30.3 Å². The molecule has 0 heterocycles. The normalized spacial score (nSPS) is 25.0. The average Bonchev–Trinajstić information content (AvgIpc) is 3.17. The van der Waals surface area contributed by atoms with Gasteiger partial charge in [-0.2, -0.15) is 0 Å². The van der Waals surface area contributed by atoms with Gasteiger partial charge in [0.05, 0.1) is 11.0 Å². The van der Waals surface area contributed by atoms with Gasteiger partial charge in [-0.25, -0.2) is 8.42 Å². The summed E-state index contributed by atoms with van der Waals surface area (Å²) in [6.45, 7) is 0. The van der Waals surface area contributed by atoms with Crippen molar-refractivity contribution in [1.82, 2.24) is 5.32 Å². The summed E-state index contributed by atoms with van der Waals surface area (Å²) in [5, 5.41) is 2.84. The van der Waals surface area contributed by atoms with Crippen molar-refractivity contribution in [2.24, 2.45) is 0 Å².